The number of benzene rings is 2. The van der Waals surface area contributed by atoms with E-state index < -0.39 is 18.0 Å². The molecule has 6 heteroatoms. The zero-order chi connectivity index (χ0) is 20.3. The van der Waals surface area contributed by atoms with Crippen molar-refractivity contribution >= 4 is 11.9 Å². The summed E-state index contributed by atoms with van der Waals surface area (Å²) in [6.45, 7) is 4.06. The number of para-hydroxylation sites is 1. The molecule has 1 heterocycles. The fourth-order valence-electron chi connectivity index (χ4n) is 3.38. The quantitative estimate of drug-likeness (QED) is 0.768. The lowest BCUT2D eigenvalue weighted by atomic mass is 9.98. The van der Waals surface area contributed by atoms with Crippen molar-refractivity contribution in [3.8, 4) is 11.5 Å². The van der Waals surface area contributed by atoms with E-state index in [9.17, 15) is 14.7 Å². The molecular weight excluding hydrogens is 358 g/mol. The Morgan fingerprint density at radius 1 is 1.25 bits per heavy atom. The lowest BCUT2D eigenvalue weighted by Gasteiger charge is -2.17. The Labute approximate surface area is 164 Å². The molecule has 3 rings (SSSR count). The monoisotopic (exact) mass is 383 g/mol. The Bertz CT molecular complexity index is 861. The molecule has 0 saturated carbocycles. The Kier molecular flexibility index (Phi) is 5.87. The van der Waals surface area contributed by atoms with Crippen LogP contribution >= 0.6 is 0 Å². The number of aryl methyl sites for hydroxylation is 2. The van der Waals surface area contributed by atoms with Crippen LogP contribution in [0.3, 0.4) is 0 Å². The molecule has 0 bridgehead atoms. The van der Waals surface area contributed by atoms with E-state index in [-0.39, 0.29) is 18.9 Å². The highest BCUT2D eigenvalue weighted by molar-refractivity contribution is 5.83. The number of amides is 1. The first kappa shape index (κ1) is 19.7. The van der Waals surface area contributed by atoms with E-state index in [0.29, 0.717) is 12.2 Å². The van der Waals surface area contributed by atoms with Gasteiger partial charge in [0.2, 0.25) is 0 Å². The first-order valence-electron chi connectivity index (χ1n) is 9.28. The minimum atomic E-state index is -0.965. The van der Waals surface area contributed by atoms with Crippen LogP contribution in [0, 0.1) is 19.8 Å². The van der Waals surface area contributed by atoms with Crippen molar-refractivity contribution in [3.05, 3.63) is 58.7 Å². The SMILES string of the molecule is COc1ccccc1CC(CNC(=O)C1Cc2cc(C)c(C)cc2O1)C(=O)O. The summed E-state index contributed by atoms with van der Waals surface area (Å²) in [7, 11) is 1.55. The molecule has 0 aliphatic carbocycles. The van der Waals surface area contributed by atoms with Crippen LogP contribution in [0.15, 0.2) is 36.4 Å². The number of hydrogen-bond donors (Lipinski definition) is 2. The highest BCUT2D eigenvalue weighted by atomic mass is 16.5. The molecule has 1 aliphatic heterocycles. The second-order valence-corrected chi connectivity index (χ2v) is 7.15. The van der Waals surface area contributed by atoms with Gasteiger partial charge in [0.1, 0.15) is 11.5 Å². The number of carbonyl (C=O) groups is 2. The zero-order valence-corrected chi connectivity index (χ0v) is 16.3. The molecule has 148 valence electrons. The summed E-state index contributed by atoms with van der Waals surface area (Å²) in [5, 5.41) is 12.3. The lowest BCUT2D eigenvalue weighted by Crippen LogP contribution is -2.41. The lowest BCUT2D eigenvalue weighted by molar-refractivity contribution is -0.141. The third kappa shape index (κ3) is 4.27. The molecule has 2 unspecified atom stereocenters. The van der Waals surface area contributed by atoms with E-state index >= 15 is 0 Å². The van der Waals surface area contributed by atoms with Gasteiger partial charge >= 0.3 is 5.97 Å². The fraction of sp³-hybridized carbons (Fsp3) is 0.364. The van der Waals surface area contributed by atoms with Crippen molar-refractivity contribution < 1.29 is 24.2 Å². The third-order valence-corrected chi connectivity index (χ3v) is 5.17. The maximum atomic E-state index is 12.5. The number of hydrogen-bond acceptors (Lipinski definition) is 4. The van der Waals surface area contributed by atoms with E-state index in [1.165, 1.54) is 0 Å². The normalized spacial score (nSPS) is 16.0. The van der Waals surface area contributed by atoms with Gasteiger partial charge in [-0.2, -0.15) is 0 Å². The van der Waals surface area contributed by atoms with Gasteiger partial charge in [0.15, 0.2) is 6.10 Å². The summed E-state index contributed by atoms with van der Waals surface area (Å²) in [4.78, 5) is 24.2. The van der Waals surface area contributed by atoms with Gasteiger partial charge in [-0.05, 0) is 54.7 Å². The summed E-state index contributed by atoms with van der Waals surface area (Å²) in [6.07, 6.45) is 0.132. The number of aliphatic carboxylic acids is 1. The van der Waals surface area contributed by atoms with Gasteiger partial charge in [0.25, 0.3) is 5.91 Å². The van der Waals surface area contributed by atoms with Crippen molar-refractivity contribution in [2.24, 2.45) is 5.92 Å². The van der Waals surface area contributed by atoms with Gasteiger partial charge in [0.05, 0.1) is 13.0 Å². The van der Waals surface area contributed by atoms with Crippen molar-refractivity contribution in [3.63, 3.8) is 0 Å². The van der Waals surface area contributed by atoms with Crippen molar-refractivity contribution in [2.45, 2.75) is 32.8 Å². The topological polar surface area (TPSA) is 84.9 Å². The Morgan fingerprint density at radius 2 is 1.96 bits per heavy atom. The van der Waals surface area contributed by atoms with Crippen LogP contribution in [0.25, 0.3) is 0 Å². The minimum absolute atomic E-state index is 0.0283. The Hall–Kier alpha value is -3.02. The molecule has 0 radical (unpaired) electrons. The number of fused-ring (bicyclic) bond motifs is 1. The molecule has 2 atom stereocenters. The van der Waals surface area contributed by atoms with Crippen LogP contribution in [0.5, 0.6) is 11.5 Å². The molecule has 0 saturated heterocycles. The first-order chi connectivity index (χ1) is 13.4. The molecule has 0 spiro atoms. The molecule has 2 aromatic carbocycles. The first-order valence-corrected chi connectivity index (χ1v) is 9.28. The highest BCUT2D eigenvalue weighted by Gasteiger charge is 2.30. The van der Waals surface area contributed by atoms with Crippen LogP contribution in [-0.4, -0.2) is 36.7 Å². The van der Waals surface area contributed by atoms with E-state index in [1.54, 1.807) is 13.2 Å². The van der Waals surface area contributed by atoms with Crippen LogP contribution in [-0.2, 0) is 22.4 Å². The molecular formula is C22H25NO5. The zero-order valence-electron chi connectivity index (χ0n) is 16.3. The van der Waals surface area contributed by atoms with Crippen molar-refractivity contribution in [1.82, 2.24) is 5.32 Å². The fourth-order valence-corrected chi connectivity index (χ4v) is 3.38. The molecule has 1 aliphatic rings. The van der Waals surface area contributed by atoms with E-state index in [4.69, 9.17) is 9.47 Å². The minimum Gasteiger partial charge on any atom is -0.496 e. The van der Waals surface area contributed by atoms with Crippen molar-refractivity contribution in [1.29, 1.82) is 0 Å². The van der Waals surface area contributed by atoms with Gasteiger partial charge in [-0.3, -0.25) is 9.59 Å². The van der Waals surface area contributed by atoms with E-state index in [2.05, 4.69) is 5.32 Å². The van der Waals surface area contributed by atoms with Gasteiger partial charge in [-0.25, -0.2) is 0 Å². The van der Waals surface area contributed by atoms with Crippen LogP contribution in [0.4, 0.5) is 0 Å². The average Bonchev–Trinajstić information content (AvgIpc) is 3.08. The number of ether oxygens (including phenoxy) is 2. The number of carboxylic acids is 1. The van der Waals surface area contributed by atoms with Crippen LogP contribution < -0.4 is 14.8 Å². The smallest absolute Gasteiger partial charge is 0.308 e. The maximum absolute atomic E-state index is 12.5. The highest BCUT2D eigenvalue weighted by Crippen LogP contribution is 2.31. The molecule has 28 heavy (non-hydrogen) atoms. The summed E-state index contributed by atoms with van der Waals surface area (Å²) in [5.74, 6) is -0.646. The molecule has 2 N–H and O–H groups in total. The number of nitrogens with one attached hydrogen (secondary N) is 1. The number of methoxy groups -OCH3 is 1. The summed E-state index contributed by atoms with van der Waals surface area (Å²) in [6, 6.07) is 11.3. The van der Waals surface area contributed by atoms with E-state index in [1.807, 2.05) is 44.2 Å². The number of carbonyl (C=O) groups excluding carboxylic acids is 1. The van der Waals surface area contributed by atoms with Gasteiger partial charge in [0, 0.05) is 13.0 Å². The van der Waals surface area contributed by atoms with Gasteiger partial charge in [-0.1, -0.05) is 24.3 Å². The summed E-state index contributed by atoms with van der Waals surface area (Å²) in [5.41, 5.74) is 4.07. The number of rotatable bonds is 7. The molecule has 6 nitrogen and oxygen atoms in total. The average molecular weight is 383 g/mol. The third-order valence-electron chi connectivity index (χ3n) is 5.17. The van der Waals surface area contributed by atoms with Crippen LogP contribution in [0.2, 0.25) is 0 Å². The van der Waals surface area contributed by atoms with Crippen molar-refractivity contribution in [2.75, 3.05) is 13.7 Å². The molecule has 0 aromatic heterocycles. The Balaban J connectivity index is 1.61. The number of carboxylic acid groups (broad SMARTS) is 1. The second kappa shape index (κ2) is 8.33. The summed E-state index contributed by atoms with van der Waals surface area (Å²) >= 11 is 0. The second-order valence-electron chi connectivity index (χ2n) is 7.15. The van der Waals surface area contributed by atoms with Gasteiger partial charge in [-0.15, -0.1) is 0 Å². The molecule has 0 fully saturated rings. The predicted octanol–water partition coefficient (Wildman–Crippen LogP) is 2.68. The van der Waals surface area contributed by atoms with E-state index in [0.717, 1.165) is 28.0 Å². The van der Waals surface area contributed by atoms with Crippen LogP contribution in [0.1, 0.15) is 22.3 Å². The van der Waals surface area contributed by atoms with Gasteiger partial charge < -0.3 is 19.9 Å². The standard InChI is InChI=1S/C22H25NO5/c1-13-8-16-11-20(28-19(16)9-14(13)2)21(24)23-12-17(22(25)26)10-15-6-4-5-7-18(15)27-3/h4-9,17,20H,10-12H2,1-3H3,(H,23,24)(H,25,26). The summed E-state index contributed by atoms with van der Waals surface area (Å²) < 4.78 is 11.1. The molecule has 2 aromatic rings. The largest absolute Gasteiger partial charge is 0.496 e. The molecule has 1 amide bonds. The maximum Gasteiger partial charge on any atom is 0.308 e. The predicted molar refractivity (Wildman–Crippen MR) is 105 cm³/mol. The Morgan fingerprint density at radius 3 is 2.68 bits per heavy atom.